The van der Waals surface area contributed by atoms with Crippen LogP contribution in [0.2, 0.25) is 0 Å². The lowest BCUT2D eigenvalue weighted by Crippen LogP contribution is -2.46. The second-order valence-corrected chi connectivity index (χ2v) is 4.77. The van der Waals surface area contributed by atoms with Crippen molar-refractivity contribution in [3.8, 4) is 0 Å². The minimum Gasteiger partial charge on any atom is -0.480 e. The van der Waals surface area contributed by atoms with Gasteiger partial charge in [0.05, 0.1) is 5.92 Å². The third-order valence-corrected chi connectivity index (χ3v) is 3.70. The molecule has 6 heteroatoms. The SMILES string of the molecule is CC(=O)C1CCN(C(=O)C(C)CS)[C@@H]1C(=O)O. The van der Waals surface area contributed by atoms with Gasteiger partial charge in [0.1, 0.15) is 11.8 Å². The molecule has 0 aromatic rings. The Balaban J connectivity index is 2.90. The normalized spacial score (nSPS) is 25.7. The Morgan fingerprint density at radius 1 is 1.47 bits per heavy atom. The Morgan fingerprint density at radius 2 is 2.06 bits per heavy atom. The van der Waals surface area contributed by atoms with Crippen LogP contribution in [0.15, 0.2) is 0 Å². The summed E-state index contributed by atoms with van der Waals surface area (Å²) in [5.74, 6) is -2.06. The fourth-order valence-electron chi connectivity index (χ4n) is 2.13. The molecule has 1 N–H and O–H groups in total. The number of Topliss-reactive ketones (excluding diaryl/α,β-unsaturated/α-hetero) is 1. The average molecular weight is 259 g/mol. The second kappa shape index (κ2) is 5.53. The van der Waals surface area contributed by atoms with E-state index in [-0.39, 0.29) is 17.6 Å². The van der Waals surface area contributed by atoms with Gasteiger partial charge in [-0.1, -0.05) is 6.92 Å². The summed E-state index contributed by atoms with van der Waals surface area (Å²) in [6, 6.07) is -1.01. The van der Waals surface area contributed by atoms with E-state index in [0.29, 0.717) is 18.7 Å². The Kier molecular flexibility index (Phi) is 4.56. The summed E-state index contributed by atoms with van der Waals surface area (Å²) in [5, 5.41) is 9.14. The van der Waals surface area contributed by atoms with Crippen LogP contribution >= 0.6 is 12.6 Å². The number of amides is 1. The van der Waals surface area contributed by atoms with Crippen molar-refractivity contribution in [3.05, 3.63) is 0 Å². The fraction of sp³-hybridized carbons (Fsp3) is 0.727. The van der Waals surface area contributed by atoms with Gasteiger partial charge in [-0.15, -0.1) is 0 Å². The first kappa shape index (κ1) is 14.0. The lowest BCUT2D eigenvalue weighted by atomic mass is 9.96. The molecule has 1 heterocycles. The molecule has 1 aliphatic rings. The maximum Gasteiger partial charge on any atom is 0.327 e. The van der Waals surface area contributed by atoms with Crippen LogP contribution in [0.4, 0.5) is 0 Å². The number of carbonyl (C=O) groups excluding carboxylic acids is 2. The molecule has 0 bridgehead atoms. The van der Waals surface area contributed by atoms with Gasteiger partial charge in [-0.05, 0) is 13.3 Å². The van der Waals surface area contributed by atoms with E-state index in [9.17, 15) is 14.4 Å². The molecule has 96 valence electrons. The van der Waals surface area contributed by atoms with Gasteiger partial charge in [0.25, 0.3) is 0 Å². The van der Waals surface area contributed by atoms with Gasteiger partial charge >= 0.3 is 5.97 Å². The summed E-state index contributed by atoms with van der Waals surface area (Å²) in [6.07, 6.45) is 0.428. The monoisotopic (exact) mass is 259 g/mol. The molecule has 0 aromatic heterocycles. The summed E-state index contributed by atoms with van der Waals surface area (Å²) in [7, 11) is 0. The van der Waals surface area contributed by atoms with Crippen molar-refractivity contribution in [3.63, 3.8) is 0 Å². The zero-order chi connectivity index (χ0) is 13.2. The van der Waals surface area contributed by atoms with Gasteiger partial charge in [0.2, 0.25) is 5.91 Å². The van der Waals surface area contributed by atoms with Crippen molar-refractivity contribution < 1.29 is 19.5 Å². The number of ketones is 1. The first-order chi connectivity index (χ1) is 7.90. The summed E-state index contributed by atoms with van der Waals surface area (Å²) in [6.45, 7) is 3.41. The number of hydrogen-bond donors (Lipinski definition) is 2. The van der Waals surface area contributed by atoms with Crippen LogP contribution in [0.25, 0.3) is 0 Å². The smallest absolute Gasteiger partial charge is 0.327 e. The summed E-state index contributed by atoms with van der Waals surface area (Å²) < 4.78 is 0. The molecule has 0 aliphatic carbocycles. The predicted octanol–water partition coefficient (Wildman–Crippen LogP) is 0.443. The van der Waals surface area contributed by atoms with Crippen LogP contribution in [0.1, 0.15) is 20.3 Å². The number of likely N-dealkylation sites (tertiary alicyclic amines) is 1. The molecule has 1 amide bonds. The second-order valence-electron chi connectivity index (χ2n) is 4.40. The molecular formula is C11H17NO4S. The molecular weight excluding hydrogens is 242 g/mol. The van der Waals surface area contributed by atoms with Gasteiger partial charge in [0, 0.05) is 18.2 Å². The minimum absolute atomic E-state index is 0.175. The van der Waals surface area contributed by atoms with Crippen LogP contribution in [0.5, 0.6) is 0 Å². The first-order valence-corrected chi connectivity index (χ1v) is 6.18. The minimum atomic E-state index is -1.11. The number of nitrogens with zero attached hydrogens (tertiary/aromatic N) is 1. The standard InChI is InChI=1S/C11H17NO4S/c1-6(5-17)10(14)12-4-3-8(7(2)13)9(12)11(15)16/h6,8-9,17H,3-5H2,1-2H3,(H,15,16)/t6?,8?,9-/m0/s1. The Labute approximate surface area is 106 Å². The van der Waals surface area contributed by atoms with E-state index in [2.05, 4.69) is 12.6 Å². The number of carboxylic acid groups (broad SMARTS) is 1. The maximum absolute atomic E-state index is 12.0. The molecule has 17 heavy (non-hydrogen) atoms. The van der Waals surface area contributed by atoms with Crippen LogP contribution in [0, 0.1) is 11.8 Å². The molecule has 5 nitrogen and oxygen atoms in total. The van der Waals surface area contributed by atoms with Gasteiger partial charge in [-0.25, -0.2) is 4.79 Å². The van der Waals surface area contributed by atoms with Crippen LogP contribution in [-0.2, 0) is 14.4 Å². The van der Waals surface area contributed by atoms with Crippen molar-refractivity contribution in [1.82, 2.24) is 4.90 Å². The van der Waals surface area contributed by atoms with Gasteiger partial charge in [-0.2, -0.15) is 12.6 Å². The lowest BCUT2D eigenvalue weighted by Gasteiger charge is -2.26. The maximum atomic E-state index is 12.0. The highest BCUT2D eigenvalue weighted by Crippen LogP contribution is 2.27. The molecule has 0 spiro atoms. The third kappa shape index (κ3) is 2.80. The molecule has 3 atom stereocenters. The van der Waals surface area contributed by atoms with E-state index in [1.54, 1.807) is 6.92 Å². The van der Waals surface area contributed by atoms with E-state index in [4.69, 9.17) is 5.11 Å². The molecule has 0 aromatic carbocycles. The molecule has 0 radical (unpaired) electrons. The Hall–Kier alpha value is -1.04. The zero-order valence-electron chi connectivity index (χ0n) is 9.92. The van der Waals surface area contributed by atoms with Crippen molar-refractivity contribution in [2.75, 3.05) is 12.3 Å². The topological polar surface area (TPSA) is 74.7 Å². The van der Waals surface area contributed by atoms with Crippen molar-refractivity contribution in [2.24, 2.45) is 11.8 Å². The number of thiol groups is 1. The highest BCUT2D eigenvalue weighted by atomic mass is 32.1. The van der Waals surface area contributed by atoms with E-state index < -0.39 is 17.9 Å². The largest absolute Gasteiger partial charge is 0.480 e. The van der Waals surface area contributed by atoms with Crippen LogP contribution in [-0.4, -0.2) is 46.0 Å². The average Bonchev–Trinajstić information content (AvgIpc) is 2.71. The van der Waals surface area contributed by atoms with Gasteiger partial charge < -0.3 is 10.0 Å². The first-order valence-electron chi connectivity index (χ1n) is 5.54. The number of aliphatic carboxylic acids is 1. The summed E-state index contributed by atoms with van der Waals surface area (Å²) >= 11 is 4.03. The molecule has 1 aliphatic heterocycles. The van der Waals surface area contributed by atoms with Crippen molar-refractivity contribution >= 4 is 30.3 Å². The van der Waals surface area contributed by atoms with Crippen LogP contribution in [0.3, 0.4) is 0 Å². The Morgan fingerprint density at radius 3 is 2.47 bits per heavy atom. The number of carboxylic acids is 1. The number of hydrogen-bond acceptors (Lipinski definition) is 4. The molecule has 2 unspecified atom stereocenters. The fourth-order valence-corrected chi connectivity index (χ4v) is 2.29. The molecule has 1 rings (SSSR count). The quantitative estimate of drug-likeness (QED) is 0.719. The van der Waals surface area contributed by atoms with Crippen molar-refractivity contribution in [1.29, 1.82) is 0 Å². The molecule has 0 saturated carbocycles. The predicted molar refractivity (Wildman–Crippen MR) is 64.9 cm³/mol. The lowest BCUT2D eigenvalue weighted by molar-refractivity contribution is -0.152. The Bertz CT molecular complexity index is 344. The van der Waals surface area contributed by atoms with E-state index in [1.807, 2.05) is 0 Å². The van der Waals surface area contributed by atoms with E-state index in [1.165, 1.54) is 11.8 Å². The summed E-state index contributed by atoms with van der Waals surface area (Å²) in [4.78, 5) is 35.8. The zero-order valence-corrected chi connectivity index (χ0v) is 10.8. The number of carbonyl (C=O) groups is 3. The van der Waals surface area contributed by atoms with Crippen LogP contribution < -0.4 is 0 Å². The third-order valence-electron chi connectivity index (χ3n) is 3.15. The summed E-state index contributed by atoms with van der Waals surface area (Å²) in [5.41, 5.74) is 0. The van der Waals surface area contributed by atoms with Gasteiger partial charge in [-0.3, -0.25) is 9.59 Å². The molecule has 1 fully saturated rings. The van der Waals surface area contributed by atoms with Crippen molar-refractivity contribution in [2.45, 2.75) is 26.3 Å². The molecule has 1 saturated heterocycles. The number of rotatable bonds is 4. The highest BCUT2D eigenvalue weighted by molar-refractivity contribution is 7.80. The van der Waals surface area contributed by atoms with E-state index in [0.717, 1.165) is 0 Å². The van der Waals surface area contributed by atoms with E-state index >= 15 is 0 Å². The van der Waals surface area contributed by atoms with Gasteiger partial charge in [0.15, 0.2) is 0 Å². The highest BCUT2D eigenvalue weighted by Gasteiger charge is 2.44.